The number of anilines is 1. The monoisotopic (exact) mass is 185 g/mol. The minimum atomic E-state index is 0.558. The van der Waals surface area contributed by atoms with Crippen LogP contribution in [0.1, 0.15) is 6.92 Å². The maximum absolute atomic E-state index is 5.58. The number of aromatic nitrogens is 2. The van der Waals surface area contributed by atoms with E-state index in [9.17, 15) is 0 Å². The number of halogens is 1. The van der Waals surface area contributed by atoms with Gasteiger partial charge in [-0.15, -0.1) is 0 Å². The van der Waals surface area contributed by atoms with Gasteiger partial charge in [0.05, 0.1) is 6.54 Å². The molecule has 4 heteroatoms. The standard InChI is InChI=1S/C8H12ClN3/c1-3-12-5-4-8(11-12)10-6-7(2)9/h4-5H,2-3,6H2,1H3,(H,10,11). The molecule has 3 nitrogen and oxygen atoms in total. The van der Waals surface area contributed by atoms with Crippen LogP contribution in [0.4, 0.5) is 5.82 Å². The van der Waals surface area contributed by atoms with Gasteiger partial charge in [-0.2, -0.15) is 5.10 Å². The highest BCUT2D eigenvalue weighted by atomic mass is 35.5. The average Bonchev–Trinajstić information content (AvgIpc) is 2.48. The molecule has 1 aromatic rings. The van der Waals surface area contributed by atoms with Gasteiger partial charge in [0.15, 0.2) is 0 Å². The molecule has 0 bridgehead atoms. The van der Waals surface area contributed by atoms with Crippen LogP contribution in [0, 0.1) is 0 Å². The van der Waals surface area contributed by atoms with Crippen LogP contribution >= 0.6 is 11.6 Å². The molecule has 1 N–H and O–H groups in total. The van der Waals surface area contributed by atoms with Crippen molar-refractivity contribution in [1.29, 1.82) is 0 Å². The number of nitrogens with zero attached hydrogens (tertiary/aromatic N) is 2. The average molecular weight is 186 g/mol. The Hall–Kier alpha value is -0.960. The van der Waals surface area contributed by atoms with Crippen molar-refractivity contribution < 1.29 is 0 Å². The van der Waals surface area contributed by atoms with Crippen LogP contribution in [0.3, 0.4) is 0 Å². The zero-order chi connectivity index (χ0) is 8.97. The van der Waals surface area contributed by atoms with Crippen LogP contribution < -0.4 is 5.32 Å². The zero-order valence-corrected chi connectivity index (χ0v) is 7.80. The fourth-order valence-electron chi connectivity index (χ4n) is 0.819. The summed E-state index contributed by atoms with van der Waals surface area (Å²) in [6.45, 7) is 7.04. The van der Waals surface area contributed by atoms with Crippen molar-refractivity contribution in [2.75, 3.05) is 11.9 Å². The van der Waals surface area contributed by atoms with E-state index in [0.29, 0.717) is 11.6 Å². The molecule has 1 aromatic heterocycles. The molecular weight excluding hydrogens is 174 g/mol. The Balaban J connectivity index is 2.47. The molecule has 0 aromatic carbocycles. The Morgan fingerprint density at radius 2 is 2.58 bits per heavy atom. The summed E-state index contributed by atoms with van der Waals surface area (Å²) >= 11 is 5.58. The van der Waals surface area contributed by atoms with Crippen LogP contribution in [0.2, 0.25) is 0 Å². The third-order valence-corrected chi connectivity index (χ3v) is 1.56. The SMILES string of the molecule is C=C(Cl)CNc1ccn(CC)n1. The highest BCUT2D eigenvalue weighted by Crippen LogP contribution is 2.04. The maximum atomic E-state index is 5.58. The van der Waals surface area contributed by atoms with Crippen molar-refractivity contribution in [2.24, 2.45) is 0 Å². The molecule has 0 saturated carbocycles. The molecule has 0 spiro atoms. The molecule has 1 rings (SSSR count). The predicted molar refractivity (Wildman–Crippen MR) is 51.4 cm³/mol. The van der Waals surface area contributed by atoms with E-state index in [1.807, 2.05) is 23.9 Å². The molecule has 1 heterocycles. The predicted octanol–water partition coefficient (Wildman–Crippen LogP) is 2.07. The first-order valence-electron chi connectivity index (χ1n) is 3.83. The maximum Gasteiger partial charge on any atom is 0.148 e. The Bertz CT molecular complexity index is 267. The number of nitrogens with one attached hydrogen (secondary N) is 1. The van der Waals surface area contributed by atoms with Gasteiger partial charge in [0.1, 0.15) is 5.82 Å². The molecule has 0 radical (unpaired) electrons. The summed E-state index contributed by atoms with van der Waals surface area (Å²) in [5.41, 5.74) is 0. The second-order valence-electron chi connectivity index (χ2n) is 2.43. The molecule has 12 heavy (non-hydrogen) atoms. The van der Waals surface area contributed by atoms with Gasteiger partial charge in [-0.25, -0.2) is 0 Å². The number of aryl methyl sites for hydroxylation is 1. The summed E-state index contributed by atoms with van der Waals surface area (Å²) in [4.78, 5) is 0. The lowest BCUT2D eigenvalue weighted by molar-refractivity contribution is 0.661. The molecule has 0 atom stereocenters. The Morgan fingerprint density at radius 1 is 1.83 bits per heavy atom. The van der Waals surface area contributed by atoms with Crippen molar-refractivity contribution in [3.05, 3.63) is 23.9 Å². The molecule has 0 unspecified atom stereocenters. The van der Waals surface area contributed by atoms with Crippen molar-refractivity contribution in [3.63, 3.8) is 0 Å². The van der Waals surface area contributed by atoms with Crippen LogP contribution in [0.25, 0.3) is 0 Å². The first kappa shape index (κ1) is 9.13. The van der Waals surface area contributed by atoms with E-state index in [2.05, 4.69) is 17.0 Å². The quantitative estimate of drug-likeness (QED) is 0.779. The molecule has 0 fully saturated rings. The van der Waals surface area contributed by atoms with E-state index in [1.165, 1.54) is 0 Å². The Morgan fingerprint density at radius 3 is 3.08 bits per heavy atom. The minimum Gasteiger partial charge on any atom is -0.364 e. The van der Waals surface area contributed by atoms with Crippen LogP contribution in [-0.4, -0.2) is 16.3 Å². The fourth-order valence-corrected chi connectivity index (χ4v) is 0.885. The summed E-state index contributed by atoms with van der Waals surface area (Å²) in [6, 6.07) is 1.91. The van der Waals surface area contributed by atoms with E-state index in [1.54, 1.807) is 0 Å². The van der Waals surface area contributed by atoms with Crippen molar-refractivity contribution in [2.45, 2.75) is 13.5 Å². The lowest BCUT2D eigenvalue weighted by Gasteiger charge is -1.99. The summed E-state index contributed by atoms with van der Waals surface area (Å²) in [5.74, 6) is 0.832. The van der Waals surface area contributed by atoms with Crippen molar-refractivity contribution >= 4 is 17.4 Å². The molecule has 0 aliphatic rings. The second kappa shape index (κ2) is 4.16. The molecular formula is C8H12ClN3. The molecule has 0 aliphatic carbocycles. The molecule has 66 valence electrons. The van der Waals surface area contributed by atoms with Gasteiger partial charge >= 0.3 is 0 Å². The van der Waals surface area contributed by atoms with Crippen molar-refractivity contribution in [3.8, 4) is 0 Å². The van der Waals surface area contributed by atoms with Gasteiger partial charge < -0.3 is 5.32 Å². The smallest absolute Gasteiger partial charge is 0.148 e. The highest BCUT2D eigenvalue weighted by molar-refractivity contribution is 6.29. The summed E-state index contributed by atoms with van der Waals surface area (Å²) in [7, 11) is 0. The molecule has 0 amide bonds. The fraction of sp³-hybridized carbons (Fsp3) is 0.375. The summed E-state index contributed by atoms with van der Waals surface area (Å²) in [5, 5.41) is 7.83. The normalized spacial score (nSPS) is 9.83. The Labute approximate surface area is 77.0 Å². The first-order chi connectivity index (χ1) is 5.72. The van der Waals surface area contributed by atoms with Gasteiger partial charge in [-0.05, 0) is 6.92 Å². The first-order valence-corrected chi connectivity index (χ1v) is 4.20. The second-order valence-corrected chi connectivity index (χ2v) is 2.96. The molecule has 0 saturated heterocycles. The lowest BCUT2D eigenvalue weighted by atomic mass is 10.5. The Kier molecular flexibility index (Phi) is 3.17. The molecule has 0 aliphatic heterocycles. The van der Waals surface area contributed by atoms with Gasteiger partial charge in [0.25, 0.3) is 0 Å². The third kappa shape index (κ3) is 2.58. The van der Waals surface area contributed by atoms with E-state index >= 15 is 0 Å². The topological polar surface area (TPSA) is 29.9 Å². The zero-order valence-electron chi connectivity index (χ0n) is 7.05. The van der Waals surface area contributed by atoms with E-state index < -0.39 is 0 Å². The van der Waals surface area contributed by atoms with Crippen molar-refractivity contribution in [1.82, 2.24) is 9.78 Å². The number of hydrogen-bond acceptors (Lipinski definition) is 2. The van der Waals surface area contributed by atoms with Gasteiger partial charge in [0.2, 0.25) is 0 Å². The minimum absolute atomic E-state index is 0.558. The van der Waals surface area contributed by atoms with Gasteiger partial charge in [-0.1, -0.05) is 18.2 Å². The van der Waals surface area contributed by atoms with Crippen LogP contribution in [0.15, 0.2) is 23.9 Å². The highest BCUT2D eigenvalue weighted by Gasteiger charge is 1.95. The van der Waals surface area contributed by atoms with E-state index in [0.717, 1.165) is 12.4 Å². The number of rotatable bonds is 4. The summed E-state index contributed by atoms with van der Waals surface area (Å²) in [6.07, 6.45) is 1.92. The van der Waals surface area contributed by atoms with Crippen LogP contribution in [0.5, 0.6) is 0 Å². The van der Waals surface area contributed by atoms with Gasteiger partial charge in [0, 0.05) is 23.8 Å². The largest absolute Gasteiger partial charge is 0.364 e. The van der Waals surface area contributed by atoms with E-state index in [4.69, 9.17) is 11.6 Å². The van der Waals surface area contributed by atoms with Crippen LogP contribution in [-0.2, 0) is 6.54 Å². The number of hydrogen-bond donors (Lipinski definition) is 1. The van der Waals surface area contributed by atoms with E-state index in [-0.39, 0.29) is 0 Å². The summed E-state index contributed by atoms with van der Waals surface area (Å²) < 4.78 is 1.85. The van der Waals surface area contributed by atoms with Gasteiger partial charge in [-0.3, -0.25) is 4.68 Å². The lowest BCUT2D eigenvalue weighted by Crippen LogP contribution is -2.02. The third-order valence-electron chi connectivity index (χ3n) is 1.43.